The number of carboxylic acid groups (broad SMARTS) is 1. The van der Waals surface area contributed by atoms with Crippen molar-refractivity contribution in [3.05, 3.63) is 35.4 Å². The lowest BCUT2D eigenvalue weighted by Gasteiger charge is -2.25. The minimum absolute atomic E-state index is 0.0517. The van der Waals surface area contributed by atoms with Crippen LogP contribution in [0.2, 0.25) is 0 Å². The highest BCUT2D eigenvalue weighted by Crippen LogP contribution is 2.23. The standard InChI is InChI=1S/C16H22N2O2/c1-4-18(10-9-16(19)20)15(11-17)14-7-5-13(6-8-14)12(2)3/h5-8,12,15H,4,9-10H2,1-3H3,(H,19,20). The maximum atomic E-state index is 10.7. The Morgan fingerprint density at radius 3 is 2.25 bits per heavy atom. The predicted octanol–water partition coefficient (Wildman–Crippen LogP) is 3.17. The molecule has 0 aliphatic carbocycles. The second-order valence-electron chi connectivity index (χ2n) is 5.13. The molecule has 4 heteroatoms. The summed E-state index contributed by atoms with van der Waals surface area (Å²) in [6.45, 7) is 7.23. The molecule has 0 amide bonds. The first-order valence-corrected chi connectivity index (χ1v) is 6.94. The second-order valence-corrected chi connectivity index (χ2v) is 5.13. The largest absolute Gasteiger partial charge is 0.481 e. The fourth-order valence-electron chi connectivity index (χ4n) is 2.14. The monoisotopic (exact) mass is 274 g/mol. The Labute approximate surface area is 120 Å². The summed E-state index contributed by atoms with van der Waals surface area (Å²) in [6.07, 6.45) is 0.0517. The Balaban J connectivity index is 2.87. The summed E-state index contributed by atoms with van der Waals surface area (Å²) >= 11 is 0. The Morgan fingerprint density at radius 1 is 1.30 bits per heavy atom. The van der Waals surface area contributed by atoms with E-state index in [1.165, 1.54) is 5.56 Å². The summed E-state index contributed by atoms with van der Waals surface area (Å²) in [5, 5.41) is 18.2. The Hall–Kier alpha value is -1.86. The third-order valence-corrected chi connectivity index (χ3v) is 3.43. The van der Waals surface area contributed by atoms with Gasteiger partial charge in [0, 0.05) is 6.54 Å². The molecule has 0 radical (unpaired) electrons. The molecule has 20 heavy (non-hydrogen) atoms. The van der Waals surface area contributed by atoms with E-state index in [4.69, 9.17) is 5.11 Å². The molecule has 0 saturated heterocycles. The number of rotatable bonds is 7. The van der Waals surface area contributed by atoms with Gasteiger partial charge in [0.2, 0.25) is 0 Å². The molecule has 0 aliphatic heterocycles. The first kappa shape index (κ1) is 16.2. The van der Waals surface area contributed by atoms with Crippen LogP contribution in [0, 0.1) is 11.3 Å². The van der Waals surface area contributed by atoms with Crippen molar-refractivity contribution in [3.63, 3.8) is 0 Å². The molecular weight excluding hydrogens is 252 g/mol. The van der Waals surface area contributed by atoms with Crippen LogP contribution >= 0.6 is 0 Å². The van der Waals surface area contributed by atoms with Crippen molar-refractivity contribution < 1.29 is 9.90 Å². The first-order valence-electron chi connectivity index (χ1n) is 6.94. The van der Waals surface area contributed by atoms with Crippen LogP contribution in [0.1, 0.15) is 50.3 Å². The van der Waals surface area contributed by atoms with Gasteiger partial charge in [0.15, 0.2) is 0 Å². The SMILES string of the molecule is CCN(CCC(=O)O)C(C#N)c1ccc(C(C)C)cc1. The number of nitriles is 1. The molecule has 0 heterocycles. The number of hydrogen-bond acceptors (Lipinski definition) is 3. The zero-order valence-corrected chi connectivity index (χ0v) is 12.3. The molecule has 1 aromatic carbocycles. The topological polar surface area (TPSA) is 64.3 Å². The van der Waals surface area contributed by atoms with E-state index in [-0.39, 0.29) is 12.5 Å². The van der Waals surface area contributed by atoms with Crippen LogP contribution in [0.3, 0.4) is 0 Å². The highest BCUT2D eigenvalue weighted by molar-refractivity contribution is 5.66. The minimum atomic E-state index is -0.838. The maximum absolute atomic E-state index is 10.7. The van der Waals surface area contributed by atoms with E-state index in [2.05, 4.69) is 19.9 Å². The average Bonchev–Trinajstić information content (AvgIpc) is 2.43. The van der Waals surface area contributed by atoms with Gasteiger partial charge in [0.1, 0.15) is 6.04 Å². The predicted molar refractivity (Wildman–Crippen MR) is 78.4 cm³/mol. The lowest BCUT2D eigenvalue weighted by molar-refractivity contribution is -0.137. The molecule has 0 fully saturated rings. The van der Waals surface area contributed by atoms with E-state index < -0.39 is 5.97 Å². The van der Waals surface area contributed by atoms with Crippen LogP contribution in [0.25, 0.3) is 0 Å². The van der Waals surface area contributed by atoms with Crippen LogP contribution in [0.4, 0.5) is 0 Å². The molecule has 1 unspecified atom stereocenters. The number of carbonyl (C=O) groups is 1. The summed E-state index contributed by atoms with van der Waals surface area (Å²) in [5.41, 5.74) is 2.16. The van der Waals surface area contributed by atoms with E-state index in [1.807, 2.05) is 36.1 Å². The van der Waals surface area contributed by atoms with Gasteiger partial charge in [-0.2, -0.15) is 5.26 Å². The zero-order chi connectivity index (χ0) is 15.1. The van der Waals surface area contributed by atoms with Gasteiger partial charge in [0.05, 0.1) is 12.5 Å². The fourth-order valence-corrected chi connectivity index (χ4v) is 2.14. The molecule has 0 aliphatic rings. The van der Waals surface area contributed by atoms with Gasteiger partial charge in [0.25, 0.3) is 0 Å². The van der Waals surface area contributed by atoms with Crippen molar-refractivity contribution >= 4 is 5.97 Å². The number of nitrogens with zero attached hydrogens (tertiary/aromatic N) is 2. The molecule has 1 aromatic rings. The van der Waals surface area contributed by atoms with Crippen LogP contribution in [0.15, 0.2) is 24.3 Å². The second kappa shape index (κ2) is 7.66. The molecule has 1 N–H and O–H groups in total. The van der Waals surface area contributed by atoms with Gasteiger partial charge in [-0.25, -0.2) is 0 Å². The highest BCUT2D eigenvalue weighted by Gasteiger charge is 2.19. The molecule has 1 atom stereocenters. The Morgan fingerprint density at radius 2 is 1.85 bits per heavy atom. The van der Waals surface area contributed by atoms with E-state index in [0.29, 0.717) is 19.0 Å². The zero-order valence-electron chi connectivity index (χ0n) is 12.3. The van der Waals surface area contributed by atoms with Crippen LogP contribution in [-0.2, 0) is 4.79 Å². The van der Waals surface area contributed by atoms with Gasteiger partial charge >= 0.3 is 5.97 Å². The fraction of sp³-hybridized carbons (Fsp3) is 0.500. The van der Waals surface area contributed by atoms with Crippen molar-refractivity contribution in [1.29, 1.82) is 5.26 Å². The van der Waals surface area contributed by atoms with Gasteiger partial charge in [-0.1, -0.05) is 45.0 Å². The first-order chi connectivity index (χ1) is 9.49. The highest BCUT2D eigenvalue weighted by atomic mass is 16.4. The summed E-state index contributed by atoms with van der Waals surface area (Å²) in [5.74, 6) is -0.380. The van der Waals surface area contributed by atoms with Crippen LogP contribution in [-0.4, -0.2) is 29.1 Å². The van der Waals surface area contributed by atoms with Crippen LogP contribution < -0.4 is 0 Å². The molecule has 0 spiro atoms. The lowest BCUT2D eigenvalue weighted by Crippen LogP contribution is -2.30. The van der Waals surface area contributed by atoms with Gasteiger partial charge < -0.3 is 5.11 Å². The number of benzene rings is 1. The van der Waals surface area contributed by atoms with Crippen molar-refractivity contribution in [2.75, 3.05) is 13.1 Å². The van der Waals surface area contributed by atoms with Gasteiger partial charge in [-0.05, 0) is 23.6 Å². The molecule has 0 aromatic heterocycles. The minimum Gasteiger partial charge on any atom is -0.481 e. The van der Waals surface area contributed by atoms with Crippen LogP contribution in [0.5, 0.6) is 0 Å². The molecule has 0 saturated carbocycles. The number of aliphatic carboxylic acids is 1. The summed E-state index contributed by atoms with van der Waals surface area (Å²) in [4.78, 5) is 12.6. The molecule has 0 bridgehead atoms. The van der Waals surface area contributed by atoms with Gasteiger partial charge in [-0.3, -0.25) is 9.69 Å². The van der Waals surface area contributed by atoms with Gasteiger partial charge in [-0.15, -0.1) is 0 Å². The number of carboxylic acids is 1. The maximum Gasteiger partial charge on any atom is 0.304 e. The molecule has 4 nitrogen and oxygen atoms in total. The molecular formula is C16H22N2O2. The van der Waals surface area contributed by atoms with E-state index in [0.717, 1.165) is 5.56 Å². The number of hydrogen-bond donors (Lipinski definition) is 1. The molecule has 1 rings (SSSR count). The van der Waals surface area contributed by atoms with Crippen molar-refractivity contribution in [1.82, 2.24) is 4.90 Å². The quantitative estimate of drug-likeness (QED) is 0.829. The van der Waals surface area contributed by atoms with E-state index in [9.17, 15) is 10.1 Å². The summed E-state index contributed by atoms with van der Waals surface area (Å²) in [7, 11) is 0. The van der Waals surface area contributed by atoms with E-state index in [1.54, 1.807) is 0 Å². The summed E-state index contributed by atoms with van der Waals surface area (Å²) in [6, 6.07) is 9.89. The van der Waals surface area contributed by atoms with Crippen molar-refractivity contribution in [3.8, 4) is 6.07 Å². The summed E-state index contributed by atoms with van der Waals surface area (Å²) < 4.78 is 0. The third kappa shape index (κ3) is 4.36. The third-order valence-electron chi connectivity index (χ3n) is 3.43. The Kier molecular flexibility index (Phi) is 6.20. The normalized spacial score (nSPS) is 12.4. The van der Waals surface area contributed by atoms with Crippen molar-refractivity contribution in [2.24, 2.45) is 0 Å². The van der Waals surface area contributed by atoms with E-state index >= 15 is 0 Å². The van der Waals surface area contributed by atoms with Crippen molar-refractivity contribution in [2.45, 2.75) is 39.2 Å². The lowest BCUT2D eigenvalue weighted by atomic mass is 9.99. The Bertz CT molecular complexity index is 474. The smallest absolute Gasteiger partial charge is 0.304 e. The average molecular weight is 274 g/mol. The molecule has 108 valence electrons.